The lowest BCUT2D eigenvalue weighted by Crippen LogP contribution is -2.35. The summed E-state index contributed by atoms with van der Waals surface area (Å²) >= 11 is 3.43. The Kier molecular flexibility index (Phi) is 6.46. The van der Waals surface area contributed by atoms with Crippen molar-refractivity contribution in [2.75, 3.05) is 19.6 Å². The Hall–Kier alpha value is -1.34. The van der Waals surface area contributed by atoms with Crippen LogP contribution >= 0.6 is 28.3 Å². The van der Waals surface area contributed by atoms with E-state index >= 15 is 0 Å². The van der Waals surface area contributed by atoms with Crippen molar-refractivity contribution in [1.82, 2.24) is 15.2 Å². The number of β-amino-alcohol motifs (C(OH)–C–C–N with tert-alkyl or cyclic N) is 1. The molecule has 5 nitrogen and oxygen atoms in total. The third-order valence-electron chi connectivity index (χ3n) is 4.32. The maximum Gasteiger partial charge on any atom is 0.267 e. The first-order valence-electron chi connectivity index (χ1n) is 7.65. The predicted molar refractivity (Wildman–Crippen MR) is 100 cm³/mol. The Morgan fingerprint density at radius 2 is 2.00 bits per heavy atom. The molecule has 130 valence electrons. The highest BCUT2D eigenvalue weighted by atomic mass is 79.9. The van der Waals surface area contributed by atoms with Gasteiger partial charge >= 0.3 is 0 Å². The fourth-order valence-electron chi connectivity index (χ4n) is 2.89. The fourth-order valence-corrected chi connectivity index (χ4v) is 3.16. The van der Waals surface area contributed by atoms with Crippen molar-refractivity contribution in [3.05, 3.63) is 46.6 Å². The summed E-state index contributed by atoms with van der Waals surface area (Å²) in [4.78, 5) is 12.4. The Morgan fingerprint density at radius 3 is 2.62 bits per heavy atom. The van der Waals surface area contributed by atoms with E-state index in [1.807, 2.05) is 48.0 Å². The van der Waals surface area contributed by atoms with E-state index in [1.165, 1.54) is 0 Å². The van der Waals surface area contributed by atoms with Gasteiger partial charge in [-0.2, -0.15) is 0 Å². The van der Waals surface area contributed by atoms with Crippen LogP contribution < -0.4 is 10.6 Å². The third-order valence-corrected chi connectivity index (χ3v) is 4.85. The molecule has 1 aromatic heterocycles. The number of amides is 1. The van der Waals surface area contributed by atoms with E-state index in [2.05, 4.69) is 26.6 Å². The minimum atomic E-state index is -0.387. The molecule has 1 aromatic carbocycles. The normalized spacial score (nSPS) is 19.8. The van der Waals surface area contributed by atoms with Gasteiger partial charge in [0.15, 0.2) is 0 Å². The first-order chi connectivity index (χ1) is 11.1. The van der Waals surface area contributed by atoms with Gasteiger partial charge in [-0.05, 0) is 29.8 Å². The van der Waals surface area contributed by atoms with Gasteiger partial charge in [0.2, 0.25) is 0 Å². The molecule has 2 aromatic rings. The zero-order chi connectivity index (χ0) is 16.4. The maximum atomic E-state index is 12.4. The quantitative estimate of drug-likeness (QED) is 0.718. The largest absolute Gasteiger partial charge is 0.391 e. The summed E-state index contributed by atoms with van der Waals surface area (Å²) in [5, 5.41) is 15.8. The van der Waals surface area contributed by atoms with Gasteiger partial charge in [0.1, 0.15) is 5.69 Å². The molecule has 0 bridgehead atoms. The zero-order valence-electron chi connectivity index (χ0n) is 13.3. The fraction of sp³-hybridized carbons (Fsp3) is 0.353. The first-order valence-corrected chi connectivity index (χ1v) is 8.44. The Morgan fingerprint density at radius 1 is 1.29 bits per heavy atom. The molecule has 3 N–H and O–H groups in total. The van der Waals surface area contributed by atoms with Crippen molar-refractivity contribution in [3.63, 3.8) is 0 Å². The molecule has 2 unspecified atom stereocenters. The molecule has 1 aliphatic rings. The number of carbonyl (C=O) groups is 1. The predicted octanol–water partition coefficient (Wildman–Crippen LogP) is 2.19. The number of nitrogens with one attached hydrogen (secondary N) is 2. The average Bonchev–Trinajstić information content (AvgIpc) is 3.12. The number of nitrogens with zero attached hydrogens (tertiary/aromatic N) is 1. The van der Waals surface area contributed by atoms with E-state index in [9.17, 15) is 9.90 Å². The van der Waals surface area contributed by atoms with Crippen LogP contribution in [0.3, 0.4) is 0 Å². The molecule has 2 atom stereocenters. The highest BCUT2D eigenvalue weighted by molar-refractivity contribution is 9.10. The van der Waals surface area contributed by atoms with Crippen molar-refractivity contribution >= 4 is 34.2 Å². The van der Waals surface area contributed by atoms with Gasteiger partial charge in [0.05, 0.1) is 6.10 Å². The van der Waals surface area contributed by atoms with Gasteiger partial charge in [-0.1, -0.05) is 28.1 Å². The van der Waals surface area contributed by atoms with E-state index in [0.717, 1.165) is 22.3 Å². The van der Waals surface area contributed by atoms with E-state index in [-0.39, 0.29) is 30.3 Å². The van der Waals surface area contributed by atoms with Crippen LogP contribution in [0.1, 0.15) is 10.5 Å². The highest BCUT2D eigenvalue weighted by Gasteiger charge is 2.25. The van der Waals surface area contributed by atoms with Crippen LogP contribution in [0.25, 0.3) is 11.3 Å². The summed E-state index contributed by atoms with van der Waals surface area (Å²) in [6.07, 6.45) is -0.387. The van der Waals surface area contributed by atoms with E-state index in [4.69, 9.17) is 0 Å². The number of rotatable bonds is 4. The van der Waals surface area contributed by atoms with Crippen LogP contribution in [-0.4, -0.2) is 41.3 Å². The van der Waals surface area contributed by atoms with Crippen LogP contribution in [-0.2, 0) is 7.05 Å². The van der Waals surface area contributed by atoms with Crippen molar-refractivity contribution in [1.29, 1.82) is 0 Å². The van der Waals surface area contributed by atoms with Gasteiger partial charge in [-0.15, -0.1) is 12.4 Å². The minimum Gasteiger partial charge on any atom is -0.391 e. The number of carbonyl (C=O) groups excluding carboxylic acids is 1. The summed E-state index contributed by atoms with van der Waals surface area (Å²) in [6.45, 7) is 1.81. The van der Waals surface area contributed by atoms with Crippen LogP contribution in [0.4, 0.5) is 0 Å². The van der Waals surface area contributed by atoms with E-state index in [0.29, 0.717) is 18.8 Å². The Balaban J connectivity index is 0.00000208. The summed E-state index contributed by atoms with van der Waals surface area (Å²) < 4.78 is 2.92. The third kappa shape index (κ3) is 4.00. The van der Waals surface area contributed by atoms with E-state index in [1.54, 1.807) is 0 Å². The molecule has 24 heavy (non-hydrogen) atoms. The number of benzene rings is 1. The maximum absolute atomic E-state index is 12.4. The van der Waals surface area contributed by atoms with Crippen molar-refractivity contribution in [2.45, 2.75) is 6.10 Å². The zero-order valence-corrected chi connectivity index (χ0v) is 15.7. The second-order valence-corrected chi connectivity index (χ2v) is 6.78. The molecule has 0 spiro atoms. The van der Waals surface area contributed by atoms with Crippen molar-refractivity contribution in [3.8, 4) is 11.3 Å². The number of hydrogen-bond donors (Lipinski definition) is 3. The molecule has 2 heterocycles. The molecule has 7 heteroatoms. The molecule has 1 fully saturated rings. The SMILES string of the molecule is Cl.Cn1c(C(=O)NCC2CNCC2O)ccc1-c1ccc(Br)cc1. The number of aliphatic hydroxyl groups is 1. The summed E-state index contributed by atoms with van der Waals surface area (Å²) in [6, 6.07) is 11.8. The molecule has 3 rings (SSSR count). The van der Waals surface area contributed by atoms with Crippen LogP contribution in [0.2, 0.25) is 0 Å². The molecule has 0 radical (unpaired) electrons. The molecule has 1 aliphatic heterocycles. The second-order valence-electron chi connectivity index (χ2n) is 5.87. The van der Waals surface area contributed by atoms with Gasteiger partial charge in [0, 0.05) is 42.8 Å². The molecular weight excluding hydrogens is 394 g/mol. The average molecular weight is 415 g/mol. The highest BCUT2D eigenvalue weighted by Crippen LogP contribution is 2.23. The lowest BCUT2D eigenvalue weighted by atomic mass is 10.1. The summed E-state index contributed by atoms with van der Waals surface area (Å²) in [5.74, 6) is -0.0416. The van der Waals surface area contributed by atoms with Crippen molar-refractivity contribution in [2.24, 2.45) is 13.0 Å². The van der Waals surface area contributed by atoms with Gasteiger partial charge < -0.3 is 20.3 Å². The standard InChI is InChI=1S/C17H20BrN3O2.ClH/c1-21-14(11-2-4-13(18)5-3-11)6-7-15(21)17(23)20-9-12-8-19-10-16(12)22;/h2-7,12,16,19,22H,8-10H2,1H3,(H,20,23);1H. The minimum absolute atomic E-state index is 0. The van der Waals surface area contributed by atoms with Crippen LogP contribution in [0.15, 0.2) is 40.9 Å². The Bertz CT molecular complexity index is 702. The van der Waals surface area contributed by atoms with Gasteiger partial charge in [-0.3, -0.25) is 4.79 Å². The lowest BCUT2D eigenvalue weighted by molar-refractivity contribution is 0.0919. The monoisotopic (exact) mass is 413 g/mol. The number of aromatic nitrogens is 1. The first kappa shape index (κ1) is 19.0. The smallest absolute Gasteiger partial charge is 0.267 e. The van der Waals surface area contributed by atoms with Crippen LogP contribution in [0.5, 0.6) is 0 Å². The van der Waals surface area contributed by atoms with E-state index < -0.39 is 0 Å². The van der Waals surface area contributed by atoms with Gasteiger partial charge in [-0.25, -0.2) is 0 Å². The Labute approximate surface area is 156 Å². The van der Waals surface area contributed by atoms with Crippen LogP contribution in [0, 0.1) is 5.92 Å². The number of aliphatic hydroxyl groups excluding tert-OH is 1. The molecule has 0 saturated carbocycles. The molecular formula is C17H21BrClN3O2. The summed E-state index contributed by atoms with van der Waals surface area (Å²) in [5.41, 5.74) is 2.67. The van der Waals surface area contributed by atoms with Crippen molar-refractivity contribution < 1.29 is 9.90 Å². The topological polar surface area (TPSA) is 66.3 Å². The number of hydrogen-bond acceptors (Lipinski definition) is 3. The summed E-state index contributed by atoms with van der Waals surface area (Å²) in [7, 11) is 1.89. The number of halogens is 2. The lowest BCUT2D eigenvalue weighted by Gasteiger charge is -2.14. The second kappa shape index (κ2) is 8.16. The van der Waals surface area contributed by atoms with Gasteiger partial charge in [0.25, 0.3) is 5.91 Å². The molecule has 1 amide bonds. The molecule has 0 aliphatic carbocycles. The molecule has 1 saturated heterocycles.